The van der Waals surface area contributed by atoms with Gasteiger partial charge in [-0.05, 0) is 43.6 Å². The number of halogens is 3. The van der Waals surface area contributed by atoms with Gasteiger partial charge in [0.2, 0.25) is 0 Å². The molecule has 1 atom stereocenters. The first-order valence-electron chi connectivity index (χ1n) is 10.1. The van der Waals surface area contributed by atoms with Crippen molar-refractivity contribution in [2.24, 2.45) is 0 Å². The molecule has 0 aliphatic carbocycles. The van der Waals surface area contributed by atoms with E-state index in [1.54, 1.807) is 18.3 Å². The van der Waals surface area contributed by atoms with Crippen molar-refractivity contribution in [1.82, 2.24) is 15.2 Å². The number of thiol groups is 1. The third-order valence-corrected chi connectivity index (χ3v) is 5.90. The number of aliphatic carboxylic acids is 2. The predicted molar refractivity (Wildman–Crippen MR) is 119 cm³/mol. The van der Waals surface area contributed by atoms with Crippen LogP contribution >= 0.6 is 12.6 Å². The van der Waals surface area contributed by atoms with Gasteiger partial charge in [-0.2, -0.15) is 25.8 Å². The number of piperidine rings is 1. The molecule has 12 heteroatoms. The highest BCUT2D eigenvalue weighted by Gasteiger charge is 2.43. The summed E-state index contributed by atoms with van der Waals surface area (Å²) in [6.07, 6.45) is -0.948. The molecule has 1 saturated heterocycles. The van der Waals surface area contributed by atoms with E-state index in [0.717, 1.165) is 19.6 Å². The van der Waals surface area contributed by atoms with Gasteiger partial charge >= 0.3 is 18.1 Å². The second-order valence-corrected chi connectivity index (χ2v) is 8.55. The third kappa shape index (κ3) is 8.03. The summed E-state index contributed by atoms with van der Waals surface area (Å²) in [5.41, 5.74) is 1.56. The third-order valence-electron chi connectivity index (χ3n) is 5.20. The average Bonchev–Trinajstić information content (AvgIpc) is 2.80. The van der Waals surface area contributed by atoms with Crippen LogP contribution < -0.4 is 5.32 Å². The van der Waals surface area contributed by atoms with Crippen molar-refractivity contribution in [3.8, 4) is 0 Å². The number of aromatic nitrogens is 1. The first-order chi connectivity index (χ1) is 15.9. The lowest BCUT2D eigenvalue weighted by atomic mass is 9.87. The number of carbonyl (C=O) groups excluding carboxylic acids is 1. The Morgan fingerprint density at radius 2 is 1.68 bits per heavy atom. The molecule has 1 amide bonds. The zero-order valence-corrected chi connectivity index (χ0v) is 18.8. The molecule has 34 heavy (non-hydrogen) atoms. The molecule has 1 aliphatic heterocycles. The number of alkyl halides is 3. The molecule has 0 spiro atoms. The molecule has 0 unspecified atom stereocenters. The Morgan fingerprint density at radius 3 is 2.15 bits per heavy atom. The first-order valence-corrected chi connectivity index (χ1v) is 10.6. The van der Waals surface area contributed by atoms with E-state index in [0.29, 0.717) is 18.4 Å². The zero-order valence-electron chi connectivity index (χ0n) is 17.9. The molecule has 1 aliphatic rings. The van der Waals surface area contributed by atoms with Gasteiger partial charge in [-0.25, -0.2) is 9.59 Å². The number of hydrogen-bond acceptors (Lipinski definition) is 6. The SMILES string of the molecule is O=C(N[C@H](C(=O)O)C1(S)CCN(Cc2ccccc2)CC1)c1cccnc1.O=C(O)C(F)(F)F. The Hall–Kier alpha value is -3.12. The molecule has 1 aromatic carbocycles. The largest absolute Gasteiger partial charge is 0.490 e. The number of rotatable bonds is 6. The summed E-state index contributed by atoms with van der Waals surface area (Å²) < 4.78 is 30.9. The second-order valence-electron chi connectivity index (χ2n) is 7.65. The van der Waals surface area contributed by atoms with Gasteiger partial charge in [0.15, 0.2) is 0 Å². The number of amides is 1. The molecular weight excluding hydrogens is 475 g/mol. The maximum absolute atomic E-state index is 12.4. The Bertz CT molecular complexity index is 969. The smallest absolute Gasteiger partial charge is 0.480 e. The Kier molecular flexibility index (Phi) is 9.45. The summed E-state index contributed by atoms with van der Waals surface area (Å²) in [5, 5.41) is 19.5. The molecule has 2 aromatic rings. The van der Waals surface area contributed by atoms with E-state index in [-0.39, 0.29) is 0 Å². The summed E-state index contributed by atoms with van der Waals surface area (Å²) in [4.78, 5) is 39.3. The number of hydrogen-bond donors (Lipinski definition) is 4. The van der Waals surface area contributed by atoms with E-state index in [9.17, 15) is 27.9 Å². The van der Waals surface area contributed by atoms with Gasteiger partial charge in [-0.15, -0.1) is 0 Å². The van der Waals surface area contributed by atoms with Gasteiger partial charge in [-0.1, -0.05) is 30.3 Å². The van der Waals surface area contributed by atoms with Gasteiger partial charge in [0.05, 0.1) is 5.56 Å². The number of benzene rings is 1. The Morgan fingerprint density at radius 1 is 1.09 bits per heavy atom. The van der Waals surface area contributed by atoms with Gasteiger partial charge in [0.1, 0.15) is 6.04 Å². The minimum atomic E-state index is -5.08. The van der Waals surface area contributed by atoms with Crippen molar-refractivity contribution in [1.29, 1.82) is 0 Å². The van der Waals surface area contributed by atoms with Crippen molar-refractivity contribution in [2.75, 3.05) is 13.1 Å². The fraction of sp³-hybridized carbons (Fsp3) is 0.364. The number of carboxylic acid groups (broad SMARTS) is 2. The molecule has 0 bridgehead atoms. The van der Waals surface area contributed by atoms with E-state index >= 15 is 0 Å². The molecule has 3 N–H and O–H groups in total. The minimum absolute atomic E-state index is 0.335. The molecule has 184 valence electrons. The summed E-state index contributed by atoms with van der Waals surface area (Å²) in [5.74, 6) is -4.28. The lowest BCUT2D eigenvalue weighted by molar-refractivity contribution is -0.192. The Balaban J connectivity index is 0.000000509. The zero-order chi connectivity index (χ0) is 25.4. The minimum Gasteiger partial charge on any atom is -0.480 e. The van der Waals surface area contributed by atoms with Crippen molar-refractivity contribution in [3.05, 3.63) is 66.0 Å². The molecule has 1 aromatic heterocycles. The number of nitrogens with zero attached hydrogens (tertiary/aromatic N) is 2. The topological polar surface area (TPSA) is 120 Å². The lowest BCUT2D eigenvalue weighted by Gasteiger charge is -2.42. The van der Waals surface area contributed by atoms with Crippen LogP contribution in [0.3, 0.4) is 0 Å². The number of pyridine rings is 1. The monoisotopic (exact) mass is 499 g/mol. The fourth-order valence-corrected chi connectivity index (χ4v) is 3.74. The maximum Gasteiger partial charge on any atom is 0.490 e. The fourth-order valence-electron chi connectivity index (χ4n) is 3.37. The molecule has 3 rings (SSSR count). The van der Waals surface area contributed by atoms with Gasteiger partial charge in [-0.3, -0.25) is 14.7 Å². The van der Waals surface area contributed by atoms with Crippen LogP contribution in [0.5, 0.6) is 0 Å². The van der Waals surface area contributed by atoms with Crippen LogP contribution in [0.2, 0.25) is 0 Å². The highest BCUT2D eigenvalue weighted by Crippen LogP contribution is 2.33. The van der Waals surface area contributed by atoms with E-state index in [1.165, 1.54) is 11.8 Å². The van der Waals surface area contributed by atoms with Gasteiger partial charge < -0.3 is 15.5 Å². The molecule has 2 heterocycles. The van der Waals surface area contributed by atoms with Crippen molar-refractivity contribution in [2.45, 2.75) is 36.4 Å². The predicted octanol–water partition coefficient (Wildman–Crippen LogP) is 2.86. The summed E-state index contributed by atoms with van der Waals surface area (Å²) in [6, 6.07) is 12.4. The highest BCUT2D eigenvalue weighted by molar-refractivity contribution is 7.82. The standard InChI is InChI=1S/C20H23N3O3S.C2HF3O2/c24-18(16-7-4-10-21-13-16)22-17(19(25)26)20(27)8-11-23(12-9-20)14-15-5-2-1-3-6-15;3-2(4,5)1(6)7/h1-7,10,13,17,27H,8-9,11-12,14H2,(H,22,24)(H,25,26);(H,6,7)/t17-;/m1./s1. The average molecular weight is 500 g/mol. The normalized spacial score (nSPS) is 16.5. The summed E-state index contributed by atoms with van der Waals surface area (Å²) in [7, 11) is 0. The van der Waals surface area contributed by atoms with E-state index in [2.05, 4.69) is 27.3 Å². The van der Waals surface area contributed by atoms with Crippen LogP contribution in [0.1, 0.15) is 28.8 Å². The Labute approximate surface area is 199 Å². The molecule has 1 fully saturated rings. The second kappa shape index (κ2) is 11.8. The van der Waals surface area contributed by atoms with Crippen LogP contribution in [-0.4, -0.2) is 68.0 Å². The number of likely N-dealkylation sites (tertiary alicyclic amines) is 1. The van der Waals surface area contributed by atoms with Gasteiger partial charge in [0, 0.05) is 23.7 Å². The molecular formula is C22H24F3N3O5S. The van der Waals surface area contributed by atoms with E-state index in [4.69, 9.17) is 22.5 Å². The first kappa shape index (κ1) is 27.1. The van der Waals surface area contributed by atoms with Crippen LogP contribution in [0.25, 0.3) is 0 Å². The summed E-state index contributed by atoms with van der Waals surface area (Å²) >= 11 is 4.70. The lowest BCUT2D eigenvalue weighted by Crippen LogP contribution is -2.58. The molecule has 8 nitrogen and oxygen atoms in total. The quantitative estimate of drug-likeness (QED) is 0.451. The summed E-state index contributed by atoms with van der Waals surface area (Å²) in [6.45, 7) is 2.28. The van der Waals surface area contributed by atoms with Crippen molar-refractivity contribution >= 4 is 30.5 Å². The number of carboxylic acids is 2. The van der Waals surface area contributed by atoms with E-state index < -0.39 is 34.8 Å². The van der Waals surface area contributed by atoms with Crippen molar-refractivity contribution in [3.63, 3.8) is 0 Å². The van der Waals surface area contributed by atoms with Crippen LogP contribution in [0, 0.1) is 0 Å². The van der Waals surface area contributed by atoms with Crippen LogP contribution in [-0.2, 0) is 16.1 Å². The number of nitrogens with one attached hydrogen (secondary N) is 1. The maximum atomic E-state index is 12.4. The van der Waals surface area contributed by atoms with E-state index in [1.807, 2.05) is 18.2 Å². The molecule has 0 saturated carbocycles. The van der Waals surface area contributed by atoms with Crippen LogP contribution in [0.4, 0.5) is 13.2 Å². The molecule has 0 radical (unpaired) electrons. The highest BCUT2D eigenvalue weighted by atomic mass is 32.1. The van der Waals surface area contributed by atoms with Crippen LogP contribution in [0.15, 0.2) is 54.9 Å². The number of carbonyl (C=O) groups is 3. The van der Waals surface area contributed by atoms with Gasteiger partial charge in [0.25, 0.3) is 5.91 Å². The van der Waals surface area contributed by atoms with Crippen molar-refractivity contribution < 1.29 is 37.8 Å².